The Bertz CT molecular complexity index is 348. The number of phenols is 1. The minimum absolute atomic E-state index is 0.00824. The molecule has 3 heteroatoms. The molecule has 0 heterocycles. The number of ether oxygens (including phenoxy) is 1. The minimum atomic E-state index is 0.00824. The van der Waals surface area contributed by atoms with Gasteiger partial charge in [-0.25, -0.2) is 0 Å². The molecule has 1 aromatic carbocycles. The fraction of sp³-hybridized carbons (Fsp3) is 0.538. The van der Waals surface area contributed by atoms with Gasteiger partial charge in [-0.3, -0.25) is 0 Å². The van der Waals surface area contributed by atoms with Crippen LogP contribution in [0.1, 0.15) is 32.8 Å². The number of rotatable bonds is 5. The zero-order valence-corrected chi connectivity index (χ0v) is 10.3. The SMILES string of the molecule is CCOc1cc(C(C)(C)CCN)ccc1O. The van der Waals surface area contributed by atoms with Crippen molar-refractivity contribution >= 4 is 0 Å². The van der Waals surface area contributed by atoms with Crippen LogP contribution in [-0.4, -0.2) is 18.3 Å². The van der Waals surface area contributed by atoms with Crippen LogP contribution in [0, 0.1) is 0 Å². The first-order valence-corrected chi connectivity index (χ1v) is 5.67. The van der Waals surface area contributed by atoms with Gasteiger partial charge >= 0.3 is 0 Å². The molecule has 90 valence electrons. The molecule has 0 aliphatic heterocycles. The predicted octanol–water partition coefficient (Wildman–Crippen LogP) is 2.42. The molecule has 0 unspecified atom stereocenters. The van der Waals surface area contributed by atoms with Crippen molar-refractivity contribution in [3.8, 4) is 11.5 Å². The van der Waals surface area contributed by atoms with E-state index in [2.05, 4.69) is 13.8 Å². The maximum Gasteiger partial charge on any atom is 0.161 e. The molecule has 0 fully saturated rings. The molecule has 0 saturated heterocycles. The van der Waals surface area contributed by atoms with Crippen LogP contribution in [0.15, 0.2) is 18.2 Å². The van der Waals surface area contributed by atoms with Crippen LogP contribution in [-0.2, 0) is 5.41 Å². The Morgan fingerprint density at radius 3 is 2.62 bits per heavy atom. The highest BCUT2D eigenvalue weighted by molar-refractivity contribution is 5.44. The van der Waals surface area contributed by atoms with E-state index in [-0.39, 0.29) is 11.2 Å². The lowest BCUT2D eigenvalue weighted by Gasteiger charge is -2.25. The van der Waals surface area contributed by atoms with Crippen molar-refractivity contribution in [2.24, 2.45) is 5.73 Å². The van der Waals surface area contributed by atoms with Gasteiger partial charge < -0.3 is 15.6 Å². The van der Waals surface area contributed by atoms with Crippen LogP contribution >= 0.6 is 0 Å². The molecule has 0 amide bonds. The first-order chi connectivity index (χ1) is 7.51. The summed E-state index contributed by atoms with van der Waals surface area (Å²) in [6.45, 7) is 7.38. The quantitative estimate of drug-likeness (QED) is 0.806. The Morgan fingerprint density at radius 1 is 1.38 bits per heavy atom. The van der Waals surface area contributed by atoms with Gasteiger partial charge in [-0.1, -0.05) is 19.9 Å². The van der Waals surface area contributed by atoms with Crippen LogP contribution in [0.3, 0.4) is 0 Å². The molecule has 0 radical (unpaired) electrons. The van der Waals surface area contributed by atoms with Crippen molar-refractivity contribution in [3.63, 3.8) is 0 Å². The summed E-state index contributed by atoms with van der Waals surface area (Å²) in [5.41, 5.74) is 6.74. The molecule has 1 aromatic rings. The number of aromatic hydroxyl groups is 1. The van der Waals surface area contributed by atoms with Crippen LogP contribution in [0.4, 0.5) is 0 Å². The molecule has 1 rings (SSSR count). The third kappa shape index (κ3) is 2.89. The van der Waals surface area contributed by atoms with Crippen LogP contribution in [0.2, 0.25) is 0 Å². The van der Waals surface area contributed by atoms with Crippen molar-refractivity contribution in [2.75, 3.05) is 13.2 Å². The number of hydrogen-bond acceptors (Lipinski definition) is 3. The summed E-state index contributed by atoms with van der Waals surface area (Å²) in [4.78, 5) is 0. The highest BCUT2D eigenvalue weighted by Gasteiger charge is 2.20. The second kappa shape index (κ2) is 5.21. The molecule has 0 saturated carbocycles. The van der Waals surface area contributed by atoms with E-state index in [0.29, 0.717) is 18.9 Å². The smallest absolute Gasteiger partial charge is 0.161 e. The fourth-order valence-corrected chi connectivity index (χ4v) is 1.71. The van der Waals surface area contributed by atoms with Gasteiger partial charge in [0, 0.05) is 0 Å². The largest absolute Gasteiger partial charge is 0.504 e. The Hall–Kier alpha value is -1.22. The second-order valence-electron chi connectivity index (χ2n) is 4.54. The minimum Gasteiger partial charge on any atom is -0.504 e. The summed E-state index contributed by atoms with van der Waals surface area (Å²) in [5, 5.41) is 9.61. The van der Waals surface area contributed by atoms with Crippen LogP contribution in [0.5, 0.6) is 11.5 Å². The van der Waals surface area contributed by atoms with E-state index >= 15 is 0 Å². The van der Waals surface area contributed by atoms with Crippen molar-refractivity contribution in [3.05, 3.63) is 23.8 Å². The molecular weight excluding hydrogens is 202 g/mol. The predicted molar refractivity (Wildman–Crippen MR) is 66.0 cm³/mol. The van der Waals surface area contributed by atoms with Crippen LogP contribution in [0.25, 0.3) is 0 Å². The van der Waals surface area contributed by atoms with E-state index in [4.69, 9.17) is 10.5 Å². The Kier molecular flexibility index (Phi) is 4.19. The summed E-state index contributed by atoms with van der Waals surface area (Å²) < 4.78 is 5.37. The molecule has 0 spiro atoms. The summed E-state index contributed by atoms with van der Waals surface area (Å²) in [6, 6.07) is 5.50. The summed E-state index contributed by atoms with van der Waals surface area (Å²) in [6.07, 6.45) is 0.906. The van der Waals surface area contributed by atoms with Gasteiger partial charge in [0.05, 0.1) is 6.61 Å². The van der Waals surface area contributed by atoms with Gasteiger partial charge in [-0.05, 0) is 43.0 Å². The van der Waals surface area contributed by atoms with Crippen molar-refractivity contribution in [2.45, 2.75) is 32.6 Å². The zero-order valence-electron chi connectivity index (χ0n) is 10.3. The number of benzene rings is 1. The molecule has 16 heavy (non-hydrogen) atoms. The molecule has 0 aliphatic rings. The molecule has 0 bridgehead atoms. The van der Waals surface area contributed by atoms with Gasteiger partial charge in [-0.2, -0.15) is 0 Å². The first-order valence-electron chi connectivity index (χ1n) is 5.67. The summed E-state index contributed by atoms with van der Waals surface area (Å²) >= 11 is 0. The van der Waals surface area contributed by atoms with E-state index in [9.17, 15) is 5.11 Å². The standard InChI is InChI=1S/C13H21NO2/c1-4-16-12-9-10(5-6-11(12)15)13(2,3)7-8-14/h5-6,9,15H,4,7-8,14H2,1-3H3. The molecule has 3 N–H and O–H groups in total. The maximum absolute atomic E-state index is 9.61. The van der Waals surface area contributed by atoms with Gasteiger partial charge in [0.25, 0.3) is 0 Å². The Labute approximate surface area is 97.2 Å². The molecular formula is C13H21NO2. The lowest BCUT2D eigenvalue weighted by atomic mass is 9.81. The van der Waals surface area contributed by atoms with E-state index < -0.39 is 0 Å². The van der Waals surface area contributed by atoms with Gasteiger partial charge in [0.1, 0.15) is 0 Å². The third-order valence-corrected chi connectivity index (χ3v) is 2.81. The maximum atomic E-state index is 9.61. The number of hydrogen-bond donors (Lipinski definition) is 2. The molecule has 0 aromatic heterocycles. The first kappa shape index (κ1) is 12.8. The van der Waals surface area contributed by atoms with Gasteiger partial charge in [-0.15, -0.1) is 0 Å². The van der Waals surface area contributed by atoms with Crippen molar-refractivity contribution in [1.82, 2.24) is 0 Å². The monoisotopic (exact) mass is 223 g/mol. The number of nitrogens with two attached hydrogens (primary N) is 1. The van der Waals surface area contributed by atoms with Gasteiger partial charge in [0.2, 0.25) is 0 Å². The highest BCUT2D eigenvalue weighted by Crippen LogP contribution is 2.34. The lowest BCUT2D eigenvalue weighted by molar-refractivity contribution is 0.316. The van der Waals surface area contributed by atoms with Gasteiger partial charge in [0.15, 0.2) is 11.5 Å². The zero-order chi connectivity index (χ0) is 12.2. The molecule has 0 aliphatic carbocycles. The lowest BCUT2D eigenvalue weighted by Crippen LogP contribution is -2.21. The summed E-state index contributed by atoms with van der Waals surface area (Å²) in [5.74, 6) is 0.735. The highest BCUT2D eigenvalue weighted by atomic mass is 16.5. The van der Waals surface area contributed by atoms with E-state index in [0.717, 1.165) is 12.0 Å². The van der Waals surface area contributed by atoms with E-state index in [1.165, 1.54) is 0 Å². The number of phenolic OH excluding ortho intramolecular Hbond substituents is 1. The van der Waals surface area contributed by atoms with Crippen molar-refractivity contribution < 1.29 is 9.84 Å². The Balaban J connectivity index is 3.01. The second-order valence-corrected chi connectivity index (χ2v) is 4.54. The molecule has 0 atom stereocenters. The fourth-order valence-electron chi connectivity index (χ4n) is 1.71. The average molecular weight is 223 g/mol. The molecule has 3 nitrogen and oxygen atoms in total. The topological polar surface area (TPSA) is 55.5 Å². The van der Waals surface area contributed by atoms with E-state index in [1.54, 1.807) is 6.07 Å². The van der Waals surface area contributed by atoms with Crippen LogP contribution < -0.4 is 10.5 Å². The average Bonchev–Trinajstić information content (AvgIpc) is 2.21. The normalized spacial score (nSPS) is 11.5. The van der Waals surface area contributed by atoms with Crippen molar-refractivity contribution in [1.29, 1.82) is 0 Å². The third-order valence-electron chi connectivity index (χ3n) is 2.81. The Morgan fingerprint density at radius 2 is 2.06 bits per heavy atom. The van der Waals surface area contributed by atoms with E-state index in [1.807, 2.05) is 19.1 Å². The summed E-state index contributed by atoms with van der Waals surface area (Å²) in [7, 11) is 0.